The molecular weight excluding hydrogens is 324 g/mol. The van der Waals surface area contributed by atoms with Gasteiger partial charge in [0, 0.05) is 23.2 Å². The molecule has 128 valence electrons. The lowest BCUT2D eigenvalue weighted by Gasteiger charge is -2.22. The summed E-state index contributed by atoms with van der Waals surface area (Å²) in [4.78, 5) is 12.3. The molecule has 0 saturated heterocycles. The molecule has 2 aromatic carbocycles. The summed E-state index contributed by atoms with van der Waals surface area (Å²) in [5.41, 5.74) is -0.0809. The van der Waals surface area contributed by atoms with Gasteiger partial charge in [0.25, 0.3) is 5.91 Å². The Morgan fingerprint density at radius 1 is 1.16 bits per heavy atom. The number of aliphatic hydroxyl groups is 1. The van der Waals surface area contributed by atoms with Crippen LogP contribution in [0.4, 0.5) is 5.69 Å². The van der Waals surface area contributed by atoms with Crippen molar-refractivity contribution >= 4 is 17.3 Å². The second-order valence-electron chi connectivity index (χ2n) is 5.94. The molecule has 2 aliphatic rings. The molecule has 0 radical (unpaired) electrons. The van der Waals surface area contributed by atoms with Crippen LogP contribution in [0, 0.1) is 0 Å². The maximum Gasteiger partial charge on any atom is 0.261 e. The molecule has 7 nitrogen and oxygen atoms in total. The fourth-order valence-corrected chi connectivity index (χ4v) is 3.14. The Morgan fingerprint density at radius 3 is 2.72 bits per heavy atom. The number of nitrogens with zero attached hydrogens (tertiary/aromatic N) is 1. The summed E-state index contributed by atoms with van der Waals surface area (Å²) >= 11 is 0. The molecule has 2 aliphatic heterocycles. The molecule has 7 heteroatoms. The van der Waals surface area contributed by atoms with Crippen molar-refractivity contribution in [3.8, 4) is 11.5 Å². The van der Waals surface area contributed by atoms with Crippen LogP contribution < -0.4 is 14.8 Å². The van der Waals surface area contributed by atoms with Gasteiger partial charge >= 0.3 is 0 Å². The quantitative estimate of drug-likeness (QED) is 0.450. The van der Waals surface area contributed by atoms with E-state index in [-0.39, 0.29) is 12.1 Å². The van der Waals surface area contributed by atoms with Crippen molar-refractivity contribution in [1.82, 2.24) is 0 Å². The highest BCUT2D eigenvalue weighted by Gasteiger charge is 2.46. The van der Waals surface area contributed by atoms with Crippen molar-refractivity contribution in [2.75, 3.05) is 18.5 Å². The van der Waals surface area contributed by atoms with E-state index in [0.717, 1.165) is 0 Å². The molecule has 0 saturated carbocycles. The van der Waals surface area contributed by atoms with Gasteiger partial charge in [0.15, 0.2) is 17.1 Å². The van der Waals surface area contributed by atoms with Crippen molar-refractivity contribution in [2.45, 2.75) is 12.0 Å². The van der Waals surface area contributed by atoms with Crippen molar-refractivity contribution in [3.05, 3.63) is 53.6 Å². The van der Waals surface area contributed by atoms with E-state index in [4.69, 9.17) is 9.47 Å². The highest BCUT2D eigenvalue weighted by molar-refractivity contribution is 6.10. The van der Waals surface area contributed by atoms with Crippen LogP contribution in [0.2, 0.25) is 0 Å². The van der Waals surface area contributed by atoms with E-state index >= 15 is 0 Å². The van der Waals surface area contributed by atoms with Gasteiger partial charge in [-0.25, -0.2) is 0 Å². The third-order valence-electron chi connectivity index (χ3n) is 4.42. The molecule has 0 aliphatic carbocycles. The third-order valence-corrected chi connectivity index (χ3v) is 4.42. The average Bonchev–Trinajstić information content (AvgIpc) is 2.90. The van der Waals surface area contributed by atoms with Crippen molar-refractivity contribution < 1.29 is 24.6 Å². The SMILES string of the molecule is O=C1Nc2ccccc2C1(O)C/C(=N/O)c1ccc2c(c1)OCCO2. The molecule has 2 heterocycles. The van der Waals surface area contributed by atoms with E-state index in [0.29, 0.717) is 41.5 Å². The first-order valence-electron chi connectivity index (χ1n) is 7.86. The number of hydrogen-bond acceptors (Lipinski definition) is 6. The monoisotopic (exact) mass is 340 g/mol. The van der Waals surface area contributed by atoms with E-state index in [1.807, 2.05) is 0 Å². The number of benzene rings is 2. The second-order valence-corrected chi connectivity index (χ2v) is 5.94. The smallest absolute Gasteiger partial charge is 0.261 e. The Balaban J connectivity index is 1.68. The van der Waals surface area contributed by atoms with Gasteiger partial charge in [0.05, 0.1) is 5.71 Å². The first-order chi connectivity index (χ1) is 12.1. The number of rotatable bonds is 3. The zero-order valence-corrected chi connectivity index (χ0v) is 13.2. The maximum absolute atomic E-state index is 12.3. The number of carbonyl (C=O) groups is 1. The highest BCUT2D eigenvalue weighted by atomic mass is 16.6. The fraction of sp³-hybridized carbons (Fsp3) is 0.222. The summed E-state index contributed by atoms with van der Waals surface area (Å²) in [6.07, 6.45) is -0.175. The summed E-state index contributed by atoms with van der Waals surface area (Å²) in [6, 6.07) is 12.0. The second kappa shape index (κ2) is 5.78. The molecule has 0 spiro atoms. The van der Waals surface area contributed by atoms with Gasteiger partial charge in [0.1, 0.15) is 13.2 Å². The topological polar surface area (TPSA) is 100 Å². The third kappa shape index (κ3) is 2.49. The van der Waals surface area contributed by atoms with Gasteiger partial charge < -0.3 is 25.1 Å². The van der Waals surface area contributed by atoms with Crippen LogP contribution in [0.25, 0.3) is 0 Å². The molecule has 3 N–H and O–H groups in total. The summed E-state index contributed by atoms with van der Waals surface area (Å²) in [5.74, 6) is 0.593. The van der Waals surface area contributed by atoms with Gasteiger partial charge in [-0.3, -0.25) is 4.79 Å². The van der Waals surface area contributed by atoms with Gasteiger partial charge in [-0.15, -0.1) is 0 Å². The highest BCUT2D eigenvalue weighted by Crippen LogP contribution is 2.39. The molecule has 1 amide bonds. The number of anilines is 1. The van der Waals surface area contributed by atoms with Crippen LogP contribution in [0.15, 0.2) is 47.6 Å². The minimum atomic E-state index is -1.80. The fourth-order valence-electron chi connectivity index (χ4n) is 3.14. The molecule has 0 aromatic heterocycles. The van der Waals surface area contributed by atoms with Crippen LogP contribution in [-0.2, 0) is 10.4 Å². The van der Waals surface area contributed by atoms with Crippen LogP contribution in [0.5, 0.6) is 11.5 Å². The summed E-state index contributed by atoms with van der Waals surface area (Å²) in [7, 11) is 0. The van der Waals surface area contributed by atoms with Gasteiger partial charge in [-0.05, 0) is 24.3 Å². The Morgan fingerprint density at radius 2 is 1.92 bits per heavy atom. The van der Waals surface area contributed by atoms with Crippen LogP contribution in [0.1, 0.15) is 17.5 Å². The van der Waals surface area contributed by atoms with E-state index in [2.05, 4.69) is 10.5 Å². The number of para-hydroxylation sites is 1. The first kappa shape index (κ1) is 15.5. The zero-order chi connectivity index (χ0) is 17.4. The lowest BCUT2D eigenvalue weighted by Crippen LogP contribution is -2.36. The Kier molecular flexibility index (Phi) is 3.58. The molecule has 1 unspecified atom stereocenters. The molecule has 0 bridgehead atoms. The lowest BCUT2D eigenvalue weighted by atomic mass is 9.87. The summed E-state index contributed by atoms with van der Waals surface area (Å²) in [5, 5.41) is 26.4. The number of ether oxygens (including phenoxy) is 2. The Bertz CT molecular complexity index is 880. The minimum Gasteiger partial charge on any atom is -0.486 e. The standard InChI is InChI=1S/C18H16N2O5/c21-17-18(22,12-3-1-2-4-13(12)19-17)10-14(20-23)11-5-6-15-16(9-11)25-8-7-24-15/h1-6,9,22-23H,7-8,10H2,(H,19,21)/b20-14-. The van der Waals surface area contributed by atoms with Gasteiger partial charge in [-0.1, -0.05) is 23.4 Å². The Hall–Kier alpha value is -3.06. The lowest BCUT2D eigenvalue weighted by molar-refractivity contribution is -0.132. The normalized spacial score (nSPS) is 21.6. The van der Waals surface area contributed by atoms with Crippen molar-refractivity contribution in [3.63, 3.8) is 0 Å². The maximum atomic E-state index is 12.3. The van der Waals surface area contributed by atoms with E-state index in [9.17, 15) is 15.1 Å². The Labute approximate surface area is 143 Å². The first-order valence-corrected chi connectivity index (χ1v) is 7.86. The number of hydrogen-bond donors (Lipinski definition) is 3. The molecule has 0 fully saturated rings. The average molecular weight is 340 g/mol. The number of amides is 1. The predicted octanol–water partition coefficient (Wildman–Crippen LogP) is 1.87. The van der Waals surface area contributed by atoms with Crippen LogP contribution in [0.3, 0.4) is 0 Å². The number of nitrogens with one attached hydrogen (secondary N) is 1. The molecule has 2 aromatic rings. The number of oxime groups is 1. The van der Waals surface area contributed by atoms with Crippen LogP contribution >= 0.6 is 0 Å². The van der Waals surface area contributed by atoms with E-state index in [1.165, 1.54) is 0 Å². The number of fused-ring (bicyclic) bond motifs is 2. The van der Waals surface area contributed by atoms with E-state index in [1.54, 1.807) is 42.5 Å². The predicted molar refractivity (Wildman–Crippen MR) is 89.3 cm³/mol. The van der Waals surface area contributed by atoms with Crippen molar-refractivity contribution in [2.24, 2.45) is 5.16 Å². The molecular formula is C18H16N2O5. The van der Waals surface area contributed by atoms with Gasteiger partial charge in [0.2, 0.25) is 0 Å². The van der Waals surface area contributed by atoms with Crippen LogP contribution in [-0.4, -0.2) is 35.1 Å². The van der Waals surface area contributed by atoms with E-state index < -0.39 is 11.5 Å². The molecule has 1 atom stereocenters. The van der Waals surface area contributed by atoms with Gasteiger partial charge in [-0.2, -0.15) is 0 Å². The van der Waals surface area contributed by atoms with Crippen molar-refractivity contribution in [1.29, 1.82) is 0 Å². The summed E-state index contributed by atoms with van der Waals surface area (Å²) in [6.45, 7) is 0.909. The zero-order valence-electron chi connectivity index (χ0n) is 13.2. The number of carbonyl (C=O) groups excluding carboxylic acids is 1. The summed E-state index contributed by atoms with van der Waals surface area (Å²) < 4.78 is 11.0. The molecule has 25 heavy (non-hydrogen) atoms. The largest absolute Gasteiger partial charge is 0.486 e. The minimum absolute atomic E-state index is 0.173. The molecule has 4 rings (SSSR count).